The van der Waals surface area contributed by atoms with E-state index < -0.39 is 5.41 Å². The van der Waals surface area contributed by atoms with Crippen molar-refractivity contribution in [3.8, 4) is 0 Å². The van der Waals surface area contributed by atoms with Gasteiger partial charge in [-0.3, -0.25) is 4.79 Å². The highest BCUT2D eigenvalue weighted by Crippen LogP contribution is 2.31. The van der Waals surface area contributed by atoms with Gasteiger partial charge in [-0.2, -0.15) is 0 Å². The number of hydrogen-bond donors (Lipinski definition) is 2. The predicted molar refractivity (Wildman–Crippen MR) is 86.9 cm³/mol. The molecule has 0 atom stereocenters. The van der Waals surface area contributed by atoms with Crippen LogP contribution >= 0.6 is 12.2 Å². The SMILES string of the molecule is CCc1ccc(CNC(=O)C2(C(N)=S)CCOCC2)cc1. The summed E-state index contributed by atoms with van der Waals surface area (Å²) < 4.78 is 5.32. The molecular weight excluding hydrogens is 284 g/mol. The molecule has 21 heavy (non-hydrogen) atoms. The third-order valence-electron chi connectivity index (χ3n) is 4.14. The second-order valence-corrected chi connectivity index (χ2v) is 5.85. The number of carbonyl (C=O) groups excluding carboxylic acids is 1. The number of rotatable bonds is 5. The molecule has 0 aliphatic carbocycles. The summed E-state index contributed by atoms with van der Waals surface area (Å²) in [5.41, 5.74) is 7.43. The maximum atomic E-state index is 12.5. The van der Waals surface area contributed by atoms with Crippen LogP contribution in [0.25, 0.3) is 0 Å². The molecule has 3 N–H and O–H groups in total. The number of aryl methyl sites for hydroxylation is 1. The molecule has 0 bridgehead atoms. The van der Waals surface area contributed by atoms with Crippen LogP contribution in [0, 0.1) is 5.41 Å². The molecule has 1 aromatic rings. The molecule has 0 aromatic heterocycles. The van der Waals surface area contributed by atoms with Crippen molar-refractivity contribution in [2.75, 3.05) is 13.2 Å². The summed E-state index contributed by atoms with van der Waals surface area (Å²) >= 11 is 5.13. The molecule has 1 aromatic carbocycles. The molecule has 1 amide bonds. The Bertz CT molecular complexity index is 508. The fraction of sp³-hybridized carbons (Fsp3) is 0.500. The van der Waals surface area contributed by atoms with Gasteiger partial charge in [0.05, 0.1) is 4.99 Å². The number of hydrogen-bond acceptors (Lipinski definition) is 3. The highest BCUT2D eigenvalue weighted by atomic mass is 32.1. The van der Waals surface area contributed by atoms with Crippen LogP contribution in [-0.4, -0.2) is 24.1 Å². The number of nitrogens with one attached hydrogen (secondary N) is 1. The summed E-state index contributed by atoms with van der Waals surface area (Å²) in [5.74, 6) is -0.0853. The first-order valence-corrected chi connectivity index (χ1v) is 7.73. The van der Waals surface area contributed by atoms with Crippen LogP contribution in [0.15, 0.2) is 24.3 Å². The Morgan fingerprint density at radius 2 is 1.86 bits per heavy atom. The van der Waals surface area contributed by atoms with Crippen LogP contribution in [0.3, 0.4) is 0 Å². The van der Waals surface area contributed by atoms with Gasteiger partial charge in [0.25, 0.3) is 0 Å². The number of thiocarbonyl (C=S) groups is 1. The number of nitrogens with two attached hydrogens (primary N) is 1. The lowest BCUT2D eigenvalue weighted by atomic mass is 9.79. The van der Waals surface area contributed by atoms with Crippen molar-refractivity contribution in [3.05, 3.63) is 35.4 Å². The maximum Gasteiger partial charge on any atom is 0.233 e. The first-order chi connectivity index (χ1) is 10.1. The number of benzene rings is 1. The zero-order valence-corrected chi connectivity index (χ0v) is 13.2. The van der Waals surface area contributed by atoms with Crippen molar-refractivity contribution in [2.24, 2.45) is 11.1 Å². The minimum absolute atomic E-state index is 0.0853. The second-order valence-electron chi connectivity index (χ2n) is 5.41. The summed E-state index contributed by atoms with van der Waals surface area (Å²) in [7, 11) is 0. The van der Waals surface area contributed by atoms with Gasteiger partial charge in [0.2, 0.25) is 5.91 Å². The second kappa shape index (κ2) is 7.00. The van der Waals surface area contributed by atoms with Crippen LogP contribution in [0.5, 0.6) is 0 Å². The lowest BCUT2D eigenvalue weighted by molar-refractivity contribution is -0.131. The van der Waals surface area contributed by atoms with Crippen LogP contribution < -0.4 is 11.1 Å². The van der Waals surface area contributed by atoms with Crippen LogP contribution in [-0.2, 0) is 22.5 Å². The minimum atomic E-state index is -0.753. The standard InChI is InChI=1S/C16H22N2O2S/c1-2-12-3-5-13(6-4-12)11-18-15(19)16(14(17)21)7-9-20-10-8-16/h3-6H,2,7-11H2,1H3,(H2,17,21)(H,18,19). The molecule has 0 radical (unpaired) electrons. The third-order valence-corrected chi connectivity index (χ3v) is 4.53. The highest BCUT2D eigenvalue weighted by molar-refractivity contribution is 7.80. The molecule has 0 saturated carbocycles. The topological polar surface area (TPSA) is 64.4 Å². The molecule has 2 rings (SSSR count). The van der Waals surface area contributed by atoms with Gasteiger partial charge in [0, 0.05) is 19.8 Å². The summed E-state index contributed by atoms with van der Waals surface area (Å²) in [6, 6.07) is 8.24. The summed E-state index contributed by atoms with van der Waals surface area (Å²) in [6.07, 6.45) is 2.13. The summed E-state index contributed by atoms with van der Waals surface area (Å²) in [5, 5.41) is 2.97. The zero-order chi connectivity index (χ0) is 15.3. The molecule has 5 heteroatoms. The van der Waals surface area contributed by atoms with Gasteiger partial charge in [0.1, 0.15) is 5.41 Å². The van der Waals surface area contributed by atoms with Crippen molar-refractivity contribution in [2.45, 2.75) is 32.7 Å². The van der Waals surface area contributed by atoms with E-state index in [9.17, 15) is 4.79 Å². The monoisotopic (exact) mass is 306 g/mol. The molecule has 1 saturated heterocycles. The largest absolute Gasteiger partial charge is 0.392 e. The van der Waals surface area contributed by atoms with Crippen molar-refractivity contribution in [1.29, 1.82) is 0 Å². The maximum absolute atomic E-state index is 12.5. The molecule has 0 unspecified atom stereocenters. The Morgan fingerprint density at radius 3 is 2.38 bits per heavy atom. The van der Waals surface area contributed by atoms with E-state index >= 15 is 0 Å². The third kappa shape index (κ3) is 3.60. The first-order valence-electron chi connectivity index (χ1n) is 7.32. The minimum Gasteiger partial charge on any atom is -0.392 e. The summed E-state index contributed by atoms with van der Waals surface area (Å²) in [4.78, 5) is 12.8. The van der Waals surface area contributed by atoms with Crippen LogP contribution in [0.2, 0.25) is 0 Å². The fourth-order valence-electron chi connectivity index (χ4n) is 2.55. The molecule has 1 fully saturated rings. The normalized spacial score (nSPS) is 17.2. The van der Waals surface area contributed by atoms with Gasteiger partial charge in [-0.25, -0.2) is 0 Å². The Balaban J connectivity index is 2.00. The van der Waals surface area contributed by atoms with Crippen molar-refractivity contribution in [1.82, 2.24) is 5.32 Å². The van der Waals surface area contributed by atoms with E-state index in [1.807, 2.05) is 12.1 Å². The summed E-state index contributed by atoms with van der Waals surface area (Å²) in [6.45, 7) is 3.66. The zero-order valence-electron chi connectivity index (χ0n) is 12.4. The van der Waals surface area contributed by atoms with E-state index in [1.165, 1.54) is 5.56 Å². The van der Waals surface area contributed by atoms with E-state index in [4.69, 9.17) is 22.7 Å². The molecular formula is C16H22N2O2S. The van der Waals surface area contributed by atoms with E-state index in [0.29, 0.717) is 32.6 Å². The highest BCUT2D eigenvalue weighted by Gasteiger charge is 2.42. The molecule has 1 aliphatic rings. The lowest BCUT2D eigenvalue weighted by Crippen LogP contribution is -2.51. The van der Waals surface area contributed by atoms with Gasteiger partial charge in [-0.15, -0.1) is 0 Å². The number of carbonyl (C=O) groups is 1. The Morgan fingerprint density at radius 1 is 1.29 bits per heavy atom. The van der Waals surface area contributed by atoms with E-state index in [-0.39, 0.29) is 10.9 Å². The average molecular weight is 306 g/mol. The fourth-order valence-corrected chi connectivity index (χ4v) is 2.85. The van der Waals surface area contributed by atoms with Gasteiger partial charge >= 0.3 is 0 Å². The van der Waals surface area contributed by atoms with Crippen molar-refractivity contribution >= 4 is 23.1 Å². The molecule has 0 spiro atoms. The van der Waals surface area contributed by atoms with Crippen LogP contribution in [0.1, 0.15) is 30.9 Å². The molecule has 4 nitrogen and oxygen atoms in total. The Hall–Kier alpha value is -1.46. The Kier molecular flexibility index (Phi) is 5.31. The quantitative estimate of drug-likeness (QED) is 0.816. The van der Waals surface area contributed by atoms with Crippen molar-refractivity contribution in [3.63, 3.8) is 0 Å². The average Bonchev–Trinajstić information content (AvgIpc) is 2.53. The van der Waals surface area contributed by atoms with Crippen molar-refractivity contribution < 1.29 is 9.53 Å². The molecule has 1 heterocycles. The van der Waals surface area contributed by atoms with E-state index in [1.54, 1.807) is 0 Å². The number of ether oxygens (including phenoxy) is 1. The van der Waals surface area contributed by atoms with Gasteiger partial charge in [-0.05, 0) is 30.4 Å². The van der Waals surface area contributed by atoms with Gasteiger partial charge in [0.15, 0.2) is 0 Å². The van der Waals surface area contributed by atoms with Crippen LogP contribution in [0.4, 0.5) is 0 Å². The van der Waals surface area contributed by atoms with E-state index in [2.05, 4.69) is 24.4 Å². The van der Waals surface area contributed by atoms with Gasteiger partial charge < -0.3 is 15.8 Å². The van der Waals surface area contributed by atoms with Gasteiger partial charge in [-0.1, -0.05) is 43.4 Å². The van der Waals surface area contributed by atoms with E-state index in [0.717, 1.165) is 12.0 Å². The Labute approximate surface area is 131 Å². The lowest BCUT2D eigenvalue weighted by Gasteiger charge is -2.34. The number of amides is 1. The molecule has 1 aliphatic heterocycles. The smallest absolute Gasteiger partial charge is 0.233 e. The predicted octanol–water partition coefficient (Wildman–Crippen LogP) is 1.95. The molecule has 114 valence electrons. The first kappa shape index (κ1) is 15.9.